The minimum Gasteiger partial charge on any atom is -0.493 e. The van der Waals surface area contributed by atoms with Crippen LogP contribution in [0.3, 0.4) is 0 Å². The normalized spacial score (nSPS) is 9.76. The van der Waals surface area contributed by atoms with Gasteiger partial charge in [-0.05, 0) is 12.1 Å². The number of benzene rings is 1. The largest absolute Gasteiger partial charge is 0.493 e. The molecule has 1 aromatic carbocycles. The Morgan fingerprint density at radius 1 is 1.38 bits per heavy atom. The van der Waals surface area contributed by atoms with Crippen LogP contribution in [0.1, 0.15) is 15.9 Å². The molecule has 2 rings (SSSR count). The summed E-state index contributed by atoms with van der Waals surface area (Å²) in [5.74, 6) is -0.482. The van der Waals surface area contributed by atoms with E-state index in [-0.39, 0.29) is 16.5 Å². The van der Waals surface area contributed by atoms with E-state index < -0.39 is 5.97 Å². The fraction of sp³-hybridized carbons (Fsp3) is 0.0714. The predicted molar refractivity (Wildman–Crippen MR) is 74.0 cm³/mol. The van der Waals surface area contributed by atoms with Crippen LogP contribution in [0, 0.1) is 11.3 Å². The van der Waals surface area contributed by atoms with Gasteiger partial charge in [0.2, 0.25) is 5.88 Å². The number of aromatic carboxylic acids is 1. The van der Waals surface area contributed by atoms with Crippen LogP contribution < -0.4 is 9.47 Å². The van der Waals surface area contributed by atoms with Crippen LogP contribution in [0.25, 0.3) is 0 Å². The SMILES string of the molecule is COc1cc(C#N)ccc1Oc1cc(C(=O)O)c(Cl)cn1. The van der Waals surface area contributed by atoms with Gasteiger partial charge >= 0.3 is 5.97 Å². The lowest BCUT2D eigenvalue weighted by Crippen LogP contribution is -2.00. The lowest BCUT2D eigenvalue weighted by Gasteiger charge is -2.10. The first kappa shape index (κ1) is 14.6. The first-order chi connectivity index (χ1) is 10.0. The molecule has 0 unspecified atom stereocenters. The Kier molecular flexibility index (Phi) is 4.26. The highest BCUT2D eigenvalue weighted by molar-refractivity contribution is 6.33. The van der Waals surface area contributed by atoms with E-state index in [9.17, 15) is 4.79 Å². The maximum atomic E-state index is 11.0. The van der Waals surface area contributed by atoms with Gasteiger partial charge in [-0.25, -0.2) is 9.78 Å². The summed E-state index contributed by atoms with van der Waals surface area (Å²) < 4.78 is 10.6. The van der Waals surface area contributed by atoms with Gasteiger partial charge in [-0.15, -0.1) is 0 Å². The van der Waals surface area contributed by atoms with E-state index in [1.165, 1.54) is 31.5 Å². The molecule has 0 aliphatic carbocycles. The lowest BCUT2D eigenvalue weighted by atomic mass is 10.2. The summed E-state index contributed by atoms with van der Waals surface area (Å²) in [6.07, 6.45) is 1.19. The van der Waals surface area contributed by atoms with E-state index in [2.05, 4.69) is 4.98 Å². The van der Waals surface area contributed by atoms with Crippen LogP contribution in [0.5, 0.6) is 17.4 Å². The molecule has 0 aliphatic rings. The molecule has 106 valence electrons. The van der Waals surface area contributed by atoms with Crippen molar-refractivity contribution in [1.82, 2.24) is 4.98 Å². The smallest absolute Gasteiger partial charge is 0.337 e. The molecule has 1 heterocycles. The van der Waals surface area contributed by atoms with Crippen LogP contribution in [-0.2, 0) is 0 Å². The van der Waals surface area contributed by atoms with Crippen molar-refractivity contribution in [1.29, 1.82) is 5.26 Å². The first-order valence-corrected chi connectivity index (χ1v) is 6.07. The number of carbonyl (C=O) groups is 1. The Bertz CT molecular complexity index is 740. The number of aromatic nitrogens is 1. The van der Waals surface area contributed by atoms with E-state index in [1.807, 2.05) is 6.07 Å². The summed E-state index contributed by atoms with van der Waals surface area (Å²) in [5, 5.41) is 17.8. The van der Waals surface area contributed by atoms with Gasteiger partial charge in [-0.3, -0.25) is 0 Å². The zero-order chi connectivity index (χ0) is 15.4. The lowest BCUT2D eigenvalue weighted by molar-refractivity contribution is 0.0696. The van der Waals surface area contributed by atoms with Gasteiger partial charge in [0.1, 0.15) is 0 Å². The third-order valence-corrected chi connectivity index (χ3v) is 2.87. The molecule has 1 aromatic heterocycles. The molecule has 2 aromatic rings. The zero-order valence-electron chi connectivity index (χ0n) is 10.8. The third kappa shape index (κ3) is 3.22. The molecular weight excluding hydrogens is 296 g/mol. The Labute approximate surface area is 125 Å². The maximum Gasteiger partial charge on any atom is 0.337 e. The molecule has 0 aliphatic heterocycles. The van der Waals surface area contributed by atoms with E-state index in [4.69, 9.17) is 31.4 Å². The predicted octanol–water partition coefficient (Wildman–Crippen LogP) is 3.11. The van der Waals surface area contributed by atoms with Crippen LogP contribution in [0.15, 0.2) is 30.5 Å². The average Bonchev–Trinajstić information content (AvgIpc) is 2.49. The summed E-state index contributed by atoms with van der Waals surface area (Å²) in [6, 6.07) is 7.78. The Hall–Kier alpha value is -2.78. The second kappa shape index (κ2) is 6.11. The second-order valence-corrected chi connectivity index (χ2v) is 4.29. The standard InChI is InChI=1S/C14H9ClN2O4/c1-20-12-4-8(6-16)2-3-11(12)21-13-5-9(14(18)19)10(15)7-17-13/h2-5,7H,1H3,(H,18,19). The highest BCUT2D eigenvalue weighted by Crippen LogP contribution is 2.32. The van der Waals surface area contributed by atoms with Crippen molar-refractivity contribution in [2.45, 2.75) is 0 Å². The van der Waals surface area contributed by atoms with Crippen LogP contribution in [0.2, 0.25) is 5.02 Å². The number of hydrogen-bond acceptors (Lipinski definition) is 5. The summed E-state index contributed by atoms with van der Waals surface area (Å²) in [7, 11) is 1.43. The van der Waals surface area contributed by atoms with Gasteiger partial charge in [0.15, 0.2) is 11.5 Å². The van der Waals surface area contributed by atoms with Crippen molar-refractivity contribution >= 4 is 17.6 Å². The second-order valence-electron chi connectivity index (χ2n) is 3.89. The van der Waals surface area contributed by atoms with Gasteiger partial charge < -0.3 is 14.6 Å². The number of nitriles is 1. The zero-order valence-corrected chi connectivity index (χ0v) is 11.6. The Morgan fingerprint density at radius 3 is 2.76 bits per heavy atom. The first-order valence-electron chi connectivity index (χ1n) is 5.70. The number of hydrogen-bond donors (Lipinski definition) is 1. The molecule has 0 saturated heterocycles. The van der Waals surface area contributed by atoms with E-state index in [0.29, 0.717) is 17.1 Å². The summed E-state index contributed by atoms with van der Waals surface area (Å²) in [5.41, 5.74) is 0.295. The molecule has 0 bridgehead atoms. The highest BCUT2D eigenvalue weighted by Gasteiger charge is 2.13. The molecule has 6 nitrogen and oxygen atoms in total. The molecule has 1 N–H and O–H groups in total. The highest BCUT2D eigenvalue weighted by atomic mass is 35.5. The Morgan fingerprint density at radius 2 is 2.14 bits per heavy atom. The van der Waals surface area contributed by atoms with Gasteiger partial charge in [0.05, 0.1) is 35.5 Å². The van der Waals surface area contributed by atoms with Crippen LogP contribution in [-0.4, -0.2) is 23.2 Å². The molecule has 0 atom stereocenters. The van der Waals surface area contributed by atoms with Crippen molar-refractivity contribution in [2.24, 2.45) is 0 Å². The maximum absolute atomic E-state index is 11.0. The summed E-state index contributed by atoms with van der Waals surface area (Å²) in [4.78, 5) is 14.9. The van der Waals surface area contributed by atoms with E-state index >= 15 is 0 Å². The molecule has 0 saturated carbocycles. The van der Waals surface area contributed by atoms with Crippen molar-refractivity contribution in [3.63, 3.8) is 0 Å². The third-order valence-electron chi connectivity index (χ3n) is 2.57. The van der Waals surface area contributed by atoms with Crippen LogP contribution in [0.4, 0.5) is 0 Å². The average molecular weight is 305 g/mol. The van der Waals surface area contributed by atoms with Crippen molar-refractivity contribution in [3.8, 4) is 23.4 Å². The number of ether oxygens (including phenoxy) is 2. The summed E-state index contributed by atoms with van der Waals surface area (Å²) >= 11 is 5.73. The van der Waals surface area contributed by atoms with Crippen molar-refractivity contribution in [3.05, 3.63) is 46.6 Å². The number of rotatable bonds is 4. The number of carboxylic acid groups (broad SMARTS) is 1. The molecule has 0 radical (unpaired) electrons. The monoisotopic (exact) mass is 304 g/mol. The van der Waals surface area contributed by atoms with Crippen molar-refractivity contribution < 1.29 is 19.4 Å². The fourth-order valence-electron chi connectivity index (χ4n) is 1.57. The van der Waals surface area contributed by atoms with E-state index in [0.717, 1.165) is 0 Å². The quantitative estimate of drug-likeness (QED) is 0.933. The number of halogens is 1. The van der Waals surface area contributed by atoms with Gasteiger partial charge in [0.25, 0.3) is 0 Å². The van der Waals surface area contributed by atoms with Crippen LogP contribution >= 0.6 is 11.6 Å². The molecular formula is C14H9ClN2O4. The molecule has 0 amide bonds. The number of nitrogens with zero attached hydrogens (tertiary/aromatic N) is 2. The van der Waals surface area contributed by atoms with Gasteiger partial charge in [-0.1, -0.05) is 11.6 Å². The molecule has 0 fully saturated rings. The van der Waals surface area contributed by atoms with Crippen molar-refractivity contribution in [2.75, 3.05) is 7.11 Å². The number of methoxy groups -OCH3 is 1. The minimum atomic E-state index is -1.18. The molecule has 7 heteroatoms. The number of pyridine rings is 1. The molecule has 21 heavy (non-hydrogen) atoms. The fourth-order valence-corrected chi connectivity index (χ4v) is 1.76. The molecule has 0 spiro atoms. The minimum absolute atomic E-state index is 0.0154. The number of carboxylic acids is 1. The van der Waals surface area contributed by atoms with Gasteiger partial charge in [0, 0.05) is 12.1 Å². The Balaban J connectivity index is 2.37. The van der Waals surface area contributed by atoms with Gasteiger partial charge in [-0.2, -0.15) is 5.26 Å². The topological polar surface area (TPSA) is 92.4 Å². The summed E-state index contributed by atoms with van der Waals surface area (Å²) in [6.45, 7) is 0. The van der Waals surface area contributed by atoms with E-state index in [1.54, 1.807) is 6.07 Å².